The number of nitrogens with one attached hydrogen (secondary N) is 1. The minimum Gasteiger partial charge on any atom is -0.481 e. The highest BCUT2D eigenvalue weighted by Crippen LogP contribution is 2.17. The summed E-state index contributed by atoms with van der Waals surface area (Å²) in [6, 6.07) is 7.05. The van der Waals surface area contributed by atoms with Gasteiger partial charge in [-0.25, -0.2) is 0 Å². The number of carboxylic acids is 1. The van der Waals surface area contributed by atoms with Crippen molar-refractivity contribution in [2.45, 2.75) is 6.42 Å². The molecule has 1 atom stereocenters. The first-order valence-corrected chi connectivity index (χ1v) is 7.31. The Morgan fingerprint density at radius 2 is 2.10 bits per heavy atom. The Morgan fingerprint density at radius 3 is 2.71 bits per heavy atom. The van der Waals surface area contributed by atoms with Crippen LogP contribution >= 0.6 is 15.9 Å². The van der Waals surface area contributed by atoms with Crippen LogP contribution in [-0.4, -0.2) is 47.4 Å². The van der Waals surface area contributed by atoms with Crippen molar-refractivity contribution in [2.24, 2.45) is 5.92 Å². The van der Waals surface area contributed by atoms with Crippen molar-refractivity contribution in [2.75, 3.05) is 19.6 Å². The Kier molecular flexibility index (Phi) is 4.95. The van der Waals surface area contributed by atoms with Gasteiger partial charge in [-0.3, -0.25) is 14.4 Å². The molecule has 1 unspecified atom stereocenters. The molecule has 0 aromatic heterocycles. The third kappa shape index (κ3) is 3.81. The molecule has 1 aliphatic heterocycles. The highest BCUT2D eigenvalue weighted by molar-refractivity contribution is 9.10. The highest BCUT2D eigenvalue weighted by Gasteiger charge is 2.33. The smallest absolute Gasteiger partial charge is 0.308 e. The van der Waals surface area contributed by atoms with E-state index in [0.29, 0.717) is 16.6 Å². The van der Waals surface area contributed by atoms with Crippen LogP contribution in [0.3, 0.4) is 0 Å². The number of amides is 2. The van der Waals surface area contributed by atoms with Gasteiger partial charge in [0.05, 0.1) is 11.5 Å². The van der Waals surface area contributed by atoms with E-state index in [2.05, 4.69) is 21.2 Å². The van der Waals surface area contributed by atoms with E-state index in [9.17, 15) is 14.4 Å². The van der Waals surface area contributed by atoms with E-state index in [4.69, 9.17) is 5.11 Å². The van der Waals surface area contributed by atoms with Crippen LogP contribution in [0.1, 0.15) is 16.8 Å². The number of benzene rings is 1. The van der Waals surface area contributed by atoms with Crippen molar-refractivity contribution in [1.29, 1.82) is 0 Å². The summed E-state index contributed by atoms with van der Waals surface area (Å²) in [5, 5.41) is 11.6. The van der Waals surface area contributed by atoms with Gasteiger partial charge in [0.15, 0.2) is 0 Å². The van der Waals surface area contributed by atoms with Crippen LogP contribution in [0.25, 0.3) is 0 Å². The quantitative estimate of drug-likeness (QED) is 0.829. The number of aliphatic carboxylic acids is 1. The topological polar surface area (TPSA) is 86.7 Å². The van der Waals surface area contributed by atoms with Crippen LogP contribution in [0.15, 0.2) is 28.7 Å². The molecule has 2 amide bonds. The van der Waals surface area contributed by atoms with Gasteiger partial charge in [0.2, 0.25) is 5.91 Å². The Labute approximate surface area is 130 Å². The monoisotopic (exact) mass is 354 g/mol. The van der Waals surface area contributed by atoms with Crippen molar-refractivity contribution in [1.82, 2.24) is 10.2 Å². The van der Waals surface area contributed by atoms with Crippen LogP contribution in [0.2, 0.25) is 0 Å². The van der Waals surface area contributed by atoms with Crippen LogP contribution in [0.5, 0.6) is 0 Å². The second kappa shape index (κ2) is 6.71. The lowest BCUT2D eigenvalue weighted by Crippen LogP contribution is -2.36. The lowest BCUT2D eigenvalue weighted by atomic mass is 10.1. The van der Waals surface area contributed by atoms with Gasteiger partial charge in [-0.05, 0) is 28.1 Å². The molecule has 1 aliphatic rings. The summed E-state index contributed by atoms with van der Waals surface area (Å²) in [5.74, 6) is -2.01. The summed E-state index contributed by atoms with van der Waals surface area (Å²) >= 11 is 3.30. The SMILES string of the molecule is O=C(NCCN1CC(C(=O)O)CC1=O)c1ccccc1Br. The average Bonchev–Trinajstić information content (AvgIpc) is 2.81. The number of halogens is 1. The molecule has 0 bridgehead atoms. The van der Waals surface area contributed by atoms with Gasteiger partial charge < -0.3 is 15.3 Å². The zero-order valence-corrected chi connectivity index (χ0v) is 12.8. The molecule has 112 valence electrons. The van der Waals surface area contributed by atoms with Gasteiger partial charge in [0.25, 0.3) is 5.91 Å². The number of carboxylic acid groups (broad SMARTS) is 1. The standard InChI is InChI=1S/C14H15BrN2O4/c15-11-4-2-1-3-10(11)13(19)16-5-6-17-8-9(14(20)21)7-12(17)18/h1-4,9H,5-8H2,(H,16,19)(H,20,21). The maximum atomic E-state index is 12.0. The van der Waals surface area contributed by atoms with E-state index in [1.165, 1.54) is 4.90 Å². The van der Waals surface area contributed by atoms with Crippen LogP contribution < -0.4 is 5.32 Å². The number of likely N-dealkylation sites (tertiary alicyclic amines) is 1. The number of rotatable bonds is 5. The van der Waals surface area contributed by atoms with E-state index in [1.54, 1.807) is 18.2 Å². The lowest BCUT2D eigenvalue weighted by Gasteiger charge is -2.16. The molecule has 0 spiro atoms. The van der Waals surface area contributed by atoms with Crippen LogP contribution in [0.4, 0.5) is 0 Å². The molecule has 0 aliphatic carbocycles. The minimum atomic E-state index is -0.955. The van der Waals surface area contributed by atoms with E-state index >= 15 is 0 Å². The molecular formula is C14H15BrN2O4. The molecule has 1 fully saturated rings. The van der Waals surface area contributed by atoms with Crippen molar-refractivity contribution in [3.63, 3.8) is 0 Å². The van der Waals surface area contributed by atoms with Gasteiger partial charge in [-0.15, -0.1) is 0 Å². The van der Waals surface area contributed by atoms with Crippen molar-refractivity contribution < 1.29 is 19.5 Å². The third-order valence-electron chi connectivity index (χ3n) is 3.35. The summed E-state index contributed by atoms with van der Waals surface area (Å²) < 4.78 is 0.700. The average molecular weight is 355 g/mol. The molecule has 1 aromatic carbocycles. The van der Waals surface area contributed by atoms with Gasteiger partial charge in [0, 0.05) is 30.5 Å². The molecule has 0 saturated carbocycles. The maximum absolute atomic E-state index is 12.0. The van der Waals surface area contributed by atoms with Crippen molar-refractivity contribution in [3.05, 3.63) is 34.3 Å². The van der Waals surface area contributed by atoms with Crippen molar-refractivity contribution in [3.8, 4) is 0 Å². The van der Waals surface area contributed by atoms with E-state index < -0.39 is 11.9 Å². The fourth-order valence-corrected chi connectivity index (χ4v) is 2.66. The van der Waals surface area contributed by atoms with Gasteiger partial charge in [-0.1, -0.05) is 12.1 Å². The fraction of sp³-hybridized carbons (Fsp3) is 0.357. The molecule has 7 heteroatoms. The van der Waals surface area contributed by atoms with Gasteiger partial charge in [-0.2, -0.15) is 0 Å². The summed E-state index contributed by atoms with van der Waals surface area (Å²) in [6.45, 7) is 0.816. The minimum absolute atomic E-state index is 0.0352. The zero-order chi connectivity index (χ0) is 15.4. The number of carbonyl (C=O) groups excluding carboxylic acids is 2. The summed E-state index contributed by atoms with van der Waals surface area (Å²) in [4.78, 5) is 35.9. The largest absolute Gasteiger partial charge is 0.481 e. The number of nitrogens with zero attached hydrogens (tertiary/aromatic N) is 1. The Bertz CT molecular complexity index is 576. The molecule has 1 aromatic rings. The first-order valence-electron chi connectivity index (χ1n) is 6.52. The Morgan fingerprint density at radius 1 is 1.38 bits per heavy atom. The maximum Gasteiger partial charge on any atom is 0.308 e. The lowest BCUT2D eigenvalue weighted by molar-refractivity contribution is -0.141. The molecule has 1 saturated heterocycles. The first-order chi connectivity index (χ1) is 9.99. The first kappa shape index (κ1) is 15.5. The Balaban J connectivity index is 1.82. The van der Waals surface area contributed by atoms with Crippen LogP contribution in [0, 0.1) is 5.92 Å². The molecule has 2 rings (SSSR count). The normalized spacial score (nSPS) is 17.9. The predicted molar refractivity (Wildman–Crippen MR) is 78.8 cm³/mol. The van der Waals surface area contributed by atoms with E-state index in [1.807, 2.05) is 6.07 Å². The summed E-state index contributed by atoms with van der Waals surface area (Å²) in [6.07, 6.45) is 0.0352. The number of carbonyl (C=O) groups is 3. The second-order valence-electron chi connectivity index (χ2n) is 4.81. The molecule has 6 nitrogen and oxygen atoms in total. The van der Waals surface area contributed by atoms with E-state index in [-0.39, 0.29) is 31.3 Å². The highest BCUT2D eigenvalue weighted by atomic mass is 79.9. The zero-order valence-electron chi connectivity index (χ0n) is 11.2. The molecular weight excluding hydrogens is 340 g/mol. The predicted octanol–water partition coefficient (Wildman–Crippen LogP) is 1.11. The number of hydrogen-bond donors (Lipinski definition) is 2. The second-order valence-corrected chi connectivity index (χ2v) is 5.67. The molecule has 0 radical (unpaired) electrons. The molecule has 21 heavy (non-hydrogen) atoms. The fourth-order valence-electron chi connectivity index (χ4n) is 2.20. The van der Waals surface area contributed by atoms with E-state index in [0.717, 1.165) is 0 Å². The van der Waals surface area contributed by atoms with Crippen LogP contribution in [-0.2, 0) is 9.59 Å². The molecule has 2 N–H and O–H groups in total. The van der Waals surface area contributed by atoms with Gasteiger partial charge >= 0.3 is 5.97 Å². The molecule has 1 heterocycles. The Hall–Kier alpha value is -1.89. The third-order valence-corrected chi connectivity index (χ3v) is 4.04. The van der Waals surface area contributed by atoms with Gasteiger partial charge in [0.1, 0.15) is 0 Å². The summed E-state index contributed by atoms with van der Waals surface area (Å²) in [5.41, 5.74) is 0.522. The summed E-state index contributed by atoms with van der Waals surface area (Å²) in [7, 11) is 0. The number of hydrogen-bond acceptors (Lipinski definition) is 3. The van der Waals surface area contributed by atoms with Crippen molar-refractivity contribution >= 4 is 33.7 Å².